The number of aromatic amines is 1. The molecule has 0 aliphatic carbocycles. The number of primary amides is 2. The molecule has 17 N–H and O–H groups in total. The number of carboxylic acids is 2. The molecule has 0 saturated heterocycles. The Bertz CT molecular complexity index is 1630. The van der Waals surface area contributed by atoms with E-state index < -0.39 is 133 Å². The van der Waals surface area contributed by atoms with Crippen molar-refractivity contribution in [2.75, 3.05) is 12.3 Å². The number of hydrogen-bond acceptors (Lipinski definition) is 14. The highest BCUT2D eigenvalue weighted by Crippen LogP contribution is 2.10. The molecule has 0 spiro atoms. The number of thiol groups is 1. The van der Waals surface area contributed by atoms with Crippen molar-refractivity contribution >= 4 is 71.8 Å². The molecule has 0 aromatic carbocycles. The third-order valence-electron chi connectivity index (χ3n) is 8.58. The van der Waals surface area contributed by atoms with Crippen LogP contribution in [0.3, 0.4) is 0 Å². The molecular weight excluding hydrogens is 801 g/mol. The number of imidazole rings is 1. The van der Waals surface area contributed by atoms with E-state index in [1.165, 1.54) is 26.4 Å². The molecule has 0 aliphatic rings. The van der Waals surface area contributed by atoms with Gasteiger partial charge in [0, 0.05) is 36.9 Å². The molecule has 0 aliphatic heterocycles. The van der Waals surface area contributed by atoms with Crippen molar-refractivity contribution in [2.24, 2.45) is 28.9 Å². The van der Waals surface area contributed by atoms with Crippen LogP contribution in [0.5, 0.6) is 0 Å². The van der Waals surface area contributed by atoms with Crippen LogP contribution in [-0.4, -0.2) is 134 Å². The van der Waals surface area contributed by atoms with Crippen LogP contribution in [-0.2, 0) is 54.4 Å². The van der Waals surface area contributed by atoms with Crippen LogP contribution in [0.4, 0.5) is 0 Å². The monoisotopic (exact) mass is 856 g/mol. The quantitative estimate of drug-likeness (QED) is 0.0265. The minimum Gasteiger partial charge on any atom is -0.481 e. The van der Waals surface area contributed by atoms with Gasteiger partial charge in [0.2, 0.25) is 47.3 Å². The first kappa shape index (κ1) is 51.2. The summed E-state index contributed by atoms with van der Waals surface area (Å²) in [6.07, 6.45) is 0.549. The molecule has 1 rings (SSSR count). The lowest BCUT2D eigenvalue weighted by molar-refractivity contribution is -0.142. The highest BCUT2D eigenvalue weighted by atomic mass is 32.1. The van der Waals surface area contributed by atoms with Gasteiger partial charge in [0.1, 0.15) is 36.3 Å². The lowest BCUT2D eigenvalue weighted by Crippen LogP contribution is -2.61. The smallest absolute Gasteiger partial charge is 0.326 e. The van der Waals surface area contributed by atoms with Crippen molar-refractivity contribution in [1.29, 1.82) is 0 Å². The van der Waals surface area contributed by atoms with Gasteiger partial charge in [0.05, 0.1) is 18.8 Å². The number of amides is 8. The first-order valence-electron chi connectivity index (χ1n) is 18.6. The molecule has 0 fully saturated rings. The van der Waals surface area contributed by atoms with E-state index in [-0.39, 0.29) is 31.6 Å². The number of hydrogen-bond donors (Lipinski definition) is 14. The number of nitrogens with two attached hydrogens (primary N) is 4. The second-order valence-electron chi connectivity index (χ2n) is 13.8. The SMILES string of the molecule is CC(C)C(NC(=O)C(CCC(N)=O)NC(=O)C(Cc1cnc[nH]1)NC(=O)C(N)CS)C(=O)NC(CCC(=O)O)C(=O)NC(CC(N)=O)C(=O)NC(CCCCN)C(=O)O. The van der Waals surface area contributed by atoms with Gasteiger partial charge in [-0.15, -0.1) is 0 Å². The standard InChI is InChI=1S/C34H56N12O12S/c1-16(2)27(46-30(53)19(6-8-24(37)47)41-31(54)22(11-17-13-39-15-40-17)44-28(51)18(36)14-59)33(56)42-20(7-9-26(49)50)29(52)45-23(12-25(38)48)32(55)43-21(34(57)58)5-3-4-10-35/h13,15-16,18-23,27,59H,3-12,14,35-36H2,1-2H3,(H2,37,47)(H2,38,48)(H,39,40)(H,41,54)(H,42,56)(H,43,55)(H,44,51)(H,45,52)(H,46,53)(H,49,50)(H,57,58). The average molecular weight is 857 g/mol. The van der Waals surface area contributed by atoms with Gasteiger partial charge in [0.15, 0.2) is 0 Å². The molecule has 1 aromatic heterocycles. The van der Waals surface area contributed by atoms with Gasteiger partial charge in [-0.25, -0.2) is 9.78 Å². The molecule has 0 bridgehead atoms. The fourth-order valence-electron chi connectivity index (χ4n) is 5.31. The molecule has 25 heteroatoms. The molecule has 0 radical (unpaired) electrons. The number of carboxylic acid groups (broad SMARTS) is 2. The summed E-state index contributed by atoms with van der Waals surface area (Å²) in [6, 6.07) is -10.3. The second kappa shape index (κ2) is 26.2. The Balaban J connectivity index is 3.35. The van der Waals surface area contributed by atoms with Gasteiger partial charge in [-0.05, 0) is 44.6 Å². The maximum absolute atomic E-state index is 13.7. The zero-order chi connectivity index (χ0) is 44.8. The summed E-state index contributed by atoms with van der Waals surface area (Å²) in [5.74, 6) is -11.4. The summed E-state index contributed by atoms with van der Waals surface area (Å²) in [5, 5.41) is 33.1. The number of aliphatic carboxylic acids is 2. The molecular formula is C34H56N12O12S. The summed E-state index contributed by atoms with van der Waals surface area (Å²) >= 11 is 3.99. The molecule has 1 heterocycles. The Morgan fingerprint density at radius 3 is 1.73 bits per heavy atom. The molecule has 7 atom stereocenters. The van der Waals surface area contributed by atoms with Crippen LogP contribution in [0.2, 0.25) is 0 Å². The first-order valence-corrected chi connectivity index (χ1v) is 19.2. The van der Waals surface area contributed by atoms with Gasteiger partial charge < -0.3 is 70.0 Å². The summed E-state index contributed by atoms with van der Waals surface area (Å²) in [6.45, 7) is 3.28. The molecule has 1 aromatic rings. The number of carbonyl (C=O) groups is 10. The lowest BCUT2D eigenvalue weighted by atomic mass is 10.0. The van der Waals surface area contributed by atoms with E-state index in [2.05, 4.69) is 54.5 Å². The number of unbranched alkanes of at least 4 members (excludes halogenated alkanes) is 1. The van der Waals surface area contributed by atoms with E-state index in [9.17, 15) is 58.2 Å². The second-order valence-corrected chi connectivity index (χ2v) is 14.2. The Morgan fingerprint density at radius 2 is 1.22 bits per heavy atom. The summed E-state index contributed by atoms with van der Waals surface area (Å²) < 4.78 is 0. The number of H-pyrrole nitrogens is 1. The summed E-state index contributed by atoms with van der Waals surface area (Å²) in [4.78, 5) is 134. The number of carbonyl (C=O) groups excluding carboxylic acids is 8. The largest absolute Gasteiger partial charge is 0.481 e. The molecule has 8 amide bonds. The number of aromatic nitrogens is 2. The van der Waals surface area contributed by atoms with Crippen LogP contribution in [0.1, 0.15) is 70.9 Å². The van der Waals surface area contributed by atoms with Crippen molar-refractivity contribution in [2.45, 2.75) is 114 Å². The normalized spacial score (nSPS) is 14.5. The maximum atomic E-state index is 13.7. The van der Waals surface area contributed by atoms with Crippen LogP contribution < -0.4 is 54.8 Å². The van der Waals surface area contributed by atoms with Crippen LogP contribution in [0.25, 0.3) is 0 Å². The minimum absolute atomic E-state index is 0.0321. The Kier molecular flexibility index (Phi) is 22.8. The topological polar surface area (TPSA) is 416 Å². The van der Waals surface area contributed by atoms with E-state index in [1.54, 1.807) is 0 Å². The zero-order valence-electron chi connectivity index (χ0n) is 32.7. The van der Waals surface area contributed by atoms with E-state index in [0.717, 1.165) is 0 Å². The first-order chi connectivity index (χ1) is 27.7. The highest BCUT2D eigenvalue weighted by Gasteiger charge is 2.35. The van der Waals surface area contributed by atoms with Gasteiger partial charge in [-0.2, -0.15) is 12.6 Å². The van der Waals surface area contributed by atoms with Gasteiger partial charge >= 0.3 is 11.9 Å². The number of rotatable bonds is 29. The van der Waals surface area contributed by atoms with E-state index in [4.69, 9.17) is 22.9 Å². The molecule has 24 nitrogen and oxygen atoms in total. The summed E-state index contributed by atoms with van der Waals surface area (Å²) in [7, 11) is 0. The van der Waals surface area contributed by atoms with Crippen LogP contribution in [0.15, 0.2) is 12.5 Å². The average Bonchev–Trinajstić information content (AvgIpc) is 3.68. The van der Waals surface area contributed by atoms with Crippen molar-refractivity contribution in [1.82, 2.24) is 41.9 Å². The van der Waals surface area contributed by atoms with Crippen molar-refractivity contribution in [3.05, 3.63) is 18.2 Å². The molecule has 59 heavy (non-hydrogen) atoms. The highest BCUT2D eigenvalue weighted by molar-refractivity contribution is 7.80. The predicted octanol–water partition coefficient (Wildman–Crippen LogP) is -5.01. The Labute approximate surface area is 344 Å². The zero-order valence-corrected chi connectivity index (χ0v) is 33.6. The van der Waals surface area contributed by atoms with E-state index in [0.29, 0.717) is 18.5 Å². The number of nitrogens with zero attached hydrogens (tertiary/aromatic N) is 1. The number of nitrogens with one attached hydrogen (secondary N) is 7. The van der Waals surface area contributed by atoms with Gasteiger partial charge in [-0.1, -0.05) is 13.8 Å². The van der Waals surface area contributed by atoms with E-state index >= 15 is 0 Å². The third kappa shape index (κ3) is 19.5. The minimum atomic E-state index is -1.74. The fraction of sp³-hybridized carbons (Fsp3) is 0.618. The molecule has 0 saturated carbocycles. The van der Waals surface area contributed by atoms with Crippen molar-refractivity contribution in [3.63, 3.8) is 0 Å². The Morgan fingerprint density at radius 1 is 0.695 bits per heavy atom. The van der Waals surface area contributed by atoms with Gasteiger partial charge in [0.25, 0.3) is 0 Å². The molecule has 7 unspecified atom stereocenters. The van der Waals surface area contributed by atoms with Gasteiger partial charge in [-0.3, -0.25) is 43.2 Å². The Hall–Kier alpha value is -5.82. The van der Waals surface area contributed by atoms with Crippen LogP contribution >= 0.6 is 12.6 Å². The third-order valence-corrected chi connectivity index (χ3v) is 8.98. The predicted molar refractivity (Wildman–Crippen MR) is 210 cm³/mol. The van der Waals surface area contributed by atoms with Crippen molar-refractivity contribution in [3.8, 4) is 0 Å². The van der Waals surface area contributed by atoms with E-state index in [1.807, 2.05) is 0 Å². The van der Waals surface area contributed by atoms with Crippen LogP contribution in [0, 0.1) is 5.92 Å². The van der Waals surface area contributed by atoms with Crippen molar-refractivity contribution < 1.29 is 58.2 Å². The lowest BCUT2D eigenvalue weighted by Gasteiger charge is -2.28. The molecule has 330 valence electrons. The fourth-order valence-corrected chi connectivity index (χ4v) is 5.47. The maximum Gasteiger partial charge on any atom is 0.326 e. The summed E-state index contributed by atoms with van der Waals surface area (Å²) in [5.41, 5.74) is 22.2.